The predicted octanol–water partition coefficient (Wildman–Crippen LogP) is 0.294. The predicted molar refractivity (Wildman–Crippen MR) is 57.8 cm³/mol. The molecule has 2 atom stereocenters. The summed E-state index contributed by atoms with van der Waals surface area (Å²) in [6.07, 6.45) is 6.28. The fraction of sp³-hybridized carbons (Fsp3) is 0.636. The van der Waals surface area contributed by atoms with Gasteiger partial charge in [-0.15, -0.1) is 0 Å². The maximum absolute atomic E-state index is 11.7. The molecule has 3 N–H and O–H groups in total. The Morgan fingerprint density at radius 1 is 1.44 bits per heavy atom. The van der Waals surface area contributed by atoms with E-state index < -0.39 is 12.0 Å². The minimum Gasteiger partial charge on any atom is -0.480 e. The van der Waals surface area contributed by atoms with Gasteiger partial charge in [0.25, 0.3) is 0 Å². The molecule has 1 amide bonds. The summed E-state index contributed by atoms with van der Waals surface area (Å²) in [5, 5.41) is 19.9. The van der Waals surface area contributed by atoms with Crippen LogP contribution in [0.2, 0.25) is 0 Å². The maximum Gasteiger partial charge on any atom is 0.326 e. The minimum absolute atomic E-state index is 0.0453. The van der Waals surface area contributed by atoms with Crippen LogP contribution in [-0.2, 0) is 9.59 Å². The molecule has 16 heavy (non-hydrogen) atoms. The van der Waals surface area contributed by atoms with Gasteiger partial charge in [0.15, 0.2) is 0 Å². The van der Waals surface area contributed by atoms with Crippen molar-refractivity contribution in [2.75, 3.05) is 6.61 Å². The van der Waals surface area contributed by atoms with Crippen molar-refractivity contribution in [1.82, 2.24) is 5.32 Å². The van der Waals surface area contributed by atoms with Gasteiger partial charge in [0.1, 0.15) is 6.04 Å². The number of carboxylic acids is 1. The lowest BCUT2D eigenvalue weighted by Gasteiger charge is -2.20. The van der Waals surface area contributed by atoms with Crippen molar-refractivity contribution in [2.24, 2.45) is 5.92 Å². The normalized spacial score (nSPS) is 21.4. The first kappa shape index (κ1) is 12.7. The molecule has 5 nitrogen and oxygen atoms in total. The second-order valence-corrected chi connectivity index (χ2v) is 3.89. The number of hydrogen-bond acceptors (Lipinski definition) is 3. The number of allylic oxidation sites excluding steroid dienone is 2. The van der Waals surface area contributed by atoms with Crippen molar-refractivity contribution in [3.8, 4) is 0 Å². The van der Waals surface area contributed by atoms with E-state index in [1.807, 2.05) is 12.2 Å². The fourth-order valence-corrected chi connectivity index (χ4v) is 1.71. The Kier molecular flexibility index (Phi) is 4.98. The Balaban J connectivity index is 2.47. The molecule has 0 heterocycles. The molecule has 90 valence electrons. The van der Waals surface area contributed by atoms with Gasteiger partial charge in [0.2, 0.25) is 5.91 Å². The molecule has 1 rings (SSSR count). The van der Waals surface area contributed by atoms with Gasteiger partial charge < -0.3 is 15.5 Å². The van der Waals surface area contributed by atoms with Crippen LogP contribution in [-0.4, -0.2) is 34.7 Å². The average molecular weight is 227 g/mol. The summed E-state index contributed by atoms with van der Waals surface area (Å²) in [6, 6.07) is -0.983. The summed E-state index contributed by atoms with van der Waals surface area (Å²) < 4.78 is 0. The van der Waals surface area contributed by atoms with Crippen LogP contribution >= 0.6 is 0 Å². The van der Waals surface area contributed by atoms with Crippen molar-refractivity contribution >= 4 is 11.9 Å². The molecule has 1 aliphatic rings. The Morgan fingerprint density at radius 2 is 2.19 bits per heavy atom. The van der Waals surface area contributed by atoms with E-state index in [9.17, 15) is 9.59 Å². The highest BCUT2D eigenvalue weighted by atomic mass is 16.4. The molecule has 0 aromatic carbocycles. The minimum atomic E-state index is -1.10. The highest BCUT2D eigenvalue weighted by Gasteiger charge is 2.24. The highest BCUT2D eigenvalue weighted by molar-refractivity contribution is 5.85. The molecular weight excluding hydrogens is 210 g/mol. The first-order valence-electron chi connectivity index (χ1n) is 5.44. The van der Waals surface area contributed by atoms with E-state index in [-0.39, 0.29) is 24.9 Å². The molecule has 5 heteroatoms. The topological polar surface area (TPSA) is 86.6 Å². The molecular formula is C11H17NO4. The summed E-state index contributed by atoms with van der Waals surface area (Å²) in [5.41, 5.74) is 0. The lowest BCUT2D eigenvalue weighted by Crippen LogP contribution is -2.44. The summed E-state index contributed by atoms with van der Waals surface area (Å²) in [5.74, 6) is -1.47. The van der Waals surface area contributed by atoms with Gasteiger partial charge in [-0.3, -0.25) is 4.79 Å². The van der Waals surface area contributed by atoms with E-state index in [2.05, 4.69) is 5.32 Å². The molecule has 0 aliphatic heterocycles. The third-order valence-corrected chi connectivity index (χ3v) is 2.67. The second-order valence-electron chi connectivity index (χ2n) is 3.89. The van der Waals surface area contributed by atoms with Crippen LogP contribution in [0.5, 0.6) is 0 Å². The Morgan fingerprint density at radius 3 is 2.69 bits per heavy atom. The van der Waals surface area contributed by atoms with E-state index >= 15 is 0 Å². The van der Waals surface area contributed by atoms with Crippen LogP contribution in [0.25, 0.3) is 0 Å². The molecule has 0 saturated carbocycles. The number of carboxylic acid groups (broad SMARTS) is 1. The van der Waals surface area contributed by atoms with E-state index in [0.29, 0.717) is 6.42 Å². The standard InChI is InChI=1S/C11H17NO4/c13-7-6-9(11(15)16)12-10(14)8-4-2-1-3-5-8/h1-2,8-9,13H,3-7H2,(H,12,14)(H,15,16)/t8?,9-/m0/s1. The zero-order valence-electron chi connectivity index (χ0n) is 9.06. The van der Waals surface area contributed by atoms with Crippen molar-refractivity contribution in [2.45, 2.75) is 31.7 Å². The SMILES string of the molecule is O=C(N[C@@H](CCO)C(=O)O)C1CC=CCC1. The van der Waals surface area contributed by atoms with Crippen LogP contribution in [0, 0.1) is 5.92 Å². The maximum atomic E-state index is 11.7. The highest BCUT2D eigenvalue weighted by Crippen LogP contribution is 2.18. The molecule has 0 radical (unpaired) electrons. The number of rotatable bonds is 5. The van der Waals surface area contributed by atoms with E-state index in [1.54, 1.807) is 0 Å². The van der Waals surface area contributed by atoms with Crippen LogP contribution < -0.4 is 5.32 Å². The molecule has 0 fully saturated rings. The van der Waals surface area contributed by atoms with Crippen LogP contribution in [0.4, 0.5) is 0 Å². The average Bonchev–Trinajstić information content (AvgIpc) is 2.29. The summed E-state index contributed by atoms with van der Waals surface area (Å²) >= 11 is 0. The molecule has 0 aromatic heterocycles. The van der Waals surface area contributed by atoms with Crippen LogP contribution in [0.1, 0.15) is 25.7 Å². The zero-order valence-corrected chi connectivity index (χ0v) is 9.06. The van der Waals surface area contributed by atoms with Crippen molar-refractivity contribution in [3.63, 3.8) is 0 Å². The van der Waals surface area contributed by atoms with Gasteiger partial charge >= 0.3 is 5.97 Å². The van der Waals surface area contributed by atoms with Gasteiger partial charge in [-0.2, -0.15) is 0 Å². The van der Waals surface area contributed by atoms with Crippen LogP contribution in [0.3, 0.4) is 0 Å². The molecule has 0 bridgehead atoms. The largest absolute Gasteiger partial charge is 0.480 e. The molecule has 1 aliphatic carbocycles. The Labute approximate surface area is 94.2 Å². The second kappa shape index (κ2) is 6.27. The van der Waals surface area contributed by atoms with E-state index in [1.165, 1.54) is 0 Å². The number of hydrogen-bond donors (Lipinski definition) is 3. The third kappa shape index (κ3) is 3.66. The van der Waals surface area contributed by atoms with Gasteiger partial charge in [-0.05, 0) is 19.3 Å². The Hall–Kier alpha value is -1.36. The van der Waals surface area contributed by atoms with Gasteiger partial charge in [-0.1, -0.05) is 12.2 Å². The van der Waals surface area contributed by atoms with Crippen LogP contribution in [0.15, 0.2) is 12.2 Å². The monoisotopic (exact) mass is 227 g/mol. The smallest absolute Gasteiger partial charge is 0.326 e. The van der Waals surface area contributed by atoms with E-state index in [0.717, 1.165) is 12.8 Å². The number of aliphatic hydroxyl groups is 1. The zero-order chi connectivity index (χ0) is 12.0. The lowest BCUT2D eigenvalue weighted by molar-refractivity contribution is -0.143. The fourth-order valence-electron chi connectivity index (χ4n) is 1.71. The van der Waals surface area contributed by atoms with Gasteiger partial charge in [-0.25, -0.2) is 4.79 Å². The van der Waals surface area contributed by atoms with Crippen molar-refractivity contribution in [3.05, 3.63) is 12.2 Å². The van der Waals surface area contributed by atoms with Gasteiger partial charge in [0, 0.05) is 18.9 Å². The van der Waals surface area contributed by atoms with Crippen molar-refractivity contribution < 1.29 is 19.8 Å². The first-order valence-corrected chi connectivity index (χ1v) is 5.44. The summed E-state index contributed by atoms with van der Waals surface area (Å²) in [7, 11) is 0. The third-order valence-electron chi connectivity index (χ3n) is 2.67. The number of nitrogens with one attached hydrogen (secondary N) is 1. The number of carbonyl (C=O) groups is 2. The molecule has 0 spiro atoms. The van der Waals surface area contributed by atoms with E-state index in [4.69, 9.17) is 10.2 Å². The van der Waals surface area contributed by atoms with Crippen molar-refractivity contribution in [1.29, 1.82) is 0 Å². The number of amides is 1. The lowest BCUT2D eigenvalue weighted by atomic mass is 9.93. The molecule has 0 saturated heterocycles. The summed E-state index contributed by atoms with van der Waals surface area (Å²) in [4.78, 5) is 22.5. The quantitative estimate of drug-likeness (QED) is 0.589. The Bertz CT molecular complexity index is 288. The first-order chi connectivity index (χ1) is 7.65. The molecule has 0 aromatic rings. The van der Waals surface area contributed by atoms with Gasteiger partial charge in [0.05, 0.1) is 0 Å². The number of aliphatic carboxylic acids is 1. The number of carbonyl (C=O) groups excluding carboxylic acids is 1. The summed E-state index contributed by atoms with van der Waals surface area (Å²) in [6.45, 7) is -0.248. The molecule has 1 unspecified atom stereocenters. The number of aliphatic hydroxyl groups excluding tert-OH is 1.